The van der Waals surface area contributed by atoms with Crippen LogP contribution in [0, 0.1) is 0 Å². The van der Waals surface area contributed by atoms with Gasteiger partial charge in [0.05, 0.1) is 5.02 Å². The summed E-state index contributed by atoms with van der Waals surface area (Å²) < 4.78 is 0. The molecule has 0 saturated heterocycles. The monoisotopic (exact) mass is 256 g/mol. The summed E-state index contributed by atoms with van der Waals surface area (Å²) >= 11 is 5.97. The first-order valence-electron chi connectivity index (χ1n) is 5.56. The van der Waals surface area contributed by atoms with Crippen LogP contribution < -0.4 is 11.3 Å². The van der Waals surface area contributed by atoms with Crippen LogP contribution in [0.2, 0.25) is 5.02 Å². The number of nitrogen functional groups attached to an aromatic ring is 1. The Balaban J connectivity index is 3.01. The van der Waals surface area contributed by atoms with Gasteiger partial charge in [-0.2, -0.15) is 0 Å². The Morgan fingerprint density at radius 3 is 2.76 bits per heavy atom. The average molecular weight is 257 g/mol. The van der Waals surface area contributed by atoms with Gasteiger partial charge in [-0.05, 0) is 25.5 Å². The van der Waals surface area contributed by atoms with Crippen molar-refractivity contribution in [2.24, 2.45) is 5.84 Å². The molecule has 0 fully saturated rings. The molecule has 0 aliphatic rings. The largest absolute Gasteiger partial charge is 0.338 e. The highest BCUT2D eigenvalue weighted by Gasteiger charge is 2.18. The number of amides is 1. The number of halogens is 1. The third-order valence-electron chi connectivity index (χ3n) is 2.36. The molecular formula is C11H17ClN4O. The number of aromatic nitrogens is 1. The van der Waals surface area contributed by atoms with E-state index in [0.717, 1.165) is 6.42 Å². The maximum Gasteiger partial charge on any atom is 0.274 e. The molecule has 0 aromatic carbocycles. The Morgan fingerprint density at radius 1 is 1.53 bits per heavy atom. The number of pyridine rings is 1. The van der Waals surface area contributed by atoms with Crippen LogP contribution in [0.1, 0.15) is 30.8 Å². The van der Waals surface area contributed by atoms with E-state index in [-0.39, 0.29) is 11.6 Å². The number of nitrogens with zero attached hydrogens (tertiary/aromatic N) is 2. The van der Waals surface area contributed by atoms with Crippen LogP contribution in [0.15, 0.2) is 12.1 Å². The van der Waals surface area contributed by atoms with E-state index < -0.39 is 0 Å². The molecule has 6 heteroatoms. The van der Waals surface area contributed by atoms with Crippen molar-refractivity contribution in [1.82, 2.24) is 9.88 Å². The number of carbonyl (C=O) groups excluding carboxylic acids is 1. The highest BCUT2D eigenvalue weighted by Crippen LogP contribution is 2.18. The van der Waals surface area contributed by atoms with E-state index in [0.29, 0.717) is 23.9 Å². The van der Waals surface area contributed by atoms with Crippen LogP contribution in [-0.2, 0) is 0 Å². The van der Waals surface area contributed by atoms with Gasteiger partial charge in [-0.25, -0.2) is 10.8 Å². The van der Waals surface area contributed by atoms with Crippen LogP contribution in [0.5, 0.6) is 0 Å². The molecule has 1 heterocycles. The lowest BCUT2D eigenvalue weighted by molar-refractivity contribution is 0.0759. The Labute approximate surface area is 106 Å². The number of carbonyl (C=O) groups is 1. The van der Waals surface area contributed by atoms with E-state index in [9.17, 15) is 4.79 Å². The molecule has 1 rings (SSSR count). The molecule has 0 atom stereocenters. The fourth-order valence-corrected chi connectivity index (χ4v) is 1.68. The Hall–Kier alpha value is -1.33. The molecule has 0 spiro atoms. The van der Waals surface area contributed by atoms with Crippen molar-refractivity contribution < 1.29 is 4.79 Å². The molecular weight excluding hydrogens is 240 g/mol. The van der Waals surface area contributed by atoms with Gasteiger partial charge in [-0.15, -0.1) is 0 Å². The van der Waals surface area contributed by atoms with Crippen molar-refractivity contribution in [3.05, 3.63) is 22.8 Å². The normalized spacial score (nSPS) is 10.1. The van der Waals surface area contributed by atoms with Crippen LogP contribution in [0.3, 0.4) is 0 Å². The van der Waals surface area contributed by atoms with Crippen LogP contribution in [-0.4, -0.2) is 28.9 Å². The summed E-state index contributed by atoms with van der Waals surface area (Å²) in [6.45, 7) is 5.26. The zero-order chi connectivity index (χ0) is 12.8. The lowest BCUT2D eigenvalue weighted by Gasteiger charge is -2.20. The number of hydrogen-bond acceptors (Lipinski definition) is 4. The summed E-state index contributed by atoms with van der Waals surface area (Å²) in [5, 5.41) is 0.337. The van der Waals surface area contributed by atoms with E-state index >= 15 is 0 Å². The summed E-state index contributed by atoms with van der Waals surface area (Å²) in [6, 6.07) is 3.23. The lowest BCUT2D eigenvalue weighted by Crippen LogP contribution is -2.32. The average Bonchev–Trinajstić information content (AvgIpc) is 2.35. The van der Waals surface area contributed by atoms with Crippen LogP contribution in [0.4, 0.5) is 5.82 Å². The van der Waals surface area contributed by atoms with Gasteiger partial charge in [0.1, 0.15) is 11.5 Å². The molecule has 0 radical (unpaired) electrons. The second kappa shape index (κ2) is 6.42. The maximum absolute atomic E-state index is 12.2. The quantitative estimate of drug-likeness (QED) is 0.623. The number of nitrogens with one attached hydrogen (secondary N) is 1. The molecule has 0 bridgehead atoms. The van der Waals surface area contributed by atoms with Gasteiger partial charge in [0.25, 0.3) is 5.91 Å². The first-order valence-corrected chi connectivity index (χ1v) is 5.94. The molecule has 3 N–H and O–H groups in total. The van der Waals surface area contributed by atoms with Gasteiger partial charge in [-0.1, -0.05) is 18.5 Å². The first kappa shape index (κ1) is 13.7. The summed E-state index contributed by atoms with van der Waals surface area (Å²) in [5.41, 5.74) is 2.63. The van der Waals surface area contributed by atoms with Crippen LogP contribution in [0.25, 0.3) is 0 Å². The molecule has 1 aromatic rings. The van der Waals surface area contributed by atoms with Crippen molar-refractivity contribution in [2.75, 3.05) is 18.5 Å². The molecule has 94 valence electrons. The predicted molar refractivity (Wildman–Crippen MR) is 68.9 cm³/mol. The SMILES string of the molecule is CCCN(CC)C(=O)c1nc(NN)ccc1Cl. The molecule has 0 saturated carbocycles. The molecule has 1 amide bonds. The van der Waals surface area contributed by atoms with E-state index in [1.807, 2.05) is 13.8 Å². The second-order valence-corrected chi connectivity index (χ2v) is 3.96. The third kappa shape index (κ3) is 3.31. The standard InChI is InChI=1S/C11H17ClN4O/c1-3-7-16(4-2)11(17)10-8(12)5-6-9(14-10)15-13/h5-6H,3-4,7,13H2,1-2H3,(H,14,15). The summed E-state index contributed by atoms with van der Waals surface area (Å²) in [6.07, 6.45) is 0.895. The van der Waals surface area contributed by atoms with Crippen molar-refractivity contribution in [2.45, 2.75) is 20.3 Å². The smallest absolute Gasteiger partial charge is 0.274 e. The summed E-state index contributed by atoms with van der Waals surface area (Å²) in [5.74, 6) is 5.51. The van der Waals surface area contributed by atoms with Gasteiger partial charge < -0.3 is 10.3 Å². The lowest BCUT2D eigenvalue weighted by atomic mass is 10.3. The van der Waals surface area contributed by atoms with E-state index in [1.54, 1.807) is 17.0 Å². The highest BCUT2D eigenvalue weighted by molar-refractivity contribution is 6.33. The molecule has 0 unspecified atom stereocenters. The molecule has 5 nitrogen and oxygen atoms in total. The van der Waals surface area contributed by atoms with Crippen molar-refractivity contribution in [3.63, 3.8) is 0 Å². The minimum Gasteiger partial charge on any atom is -0.338 e. The van der Waals surface area contributed by atoms with Crippen molar-refractivity contribution in [1.29, 1.82) is 0 Å². The number of hydrazine groups is 1. The van der Waals surface area contributed by atoms with E-state index in [2.05, 4.69) is 10.4 Å². The zero-order valence-corrected chi connectivity index (χ0v) is 10.8. The van der Waals surface area contributed by atoms with Gasteiger partial charge in [-0.3, -0.25) is 4.79 Å². The maximum atomic E-state index is 12.2. The van der Waals surface area contributed by atoms with Crippen molar-refractivity contribution >= 4 is 23.3 Å². The number of anilines is 1. The van der Waals surface area contributed by atoms with Gasteiger partial charge >= 0.3 is 0 Å². The molecule has 17 heavy (non-hydrogen) atoms. The second-order valence-electron chi connectivity index (χ2n) is 3.56. The predicted octanol–water partition coefficient (Wildman–Crippen LogP) is 1.89. The third-order valence-corrected chi connectivity index (χ3v) is 2.66. The fraction of sp³-hybridized carbons (Fsp3) is 0.455. The minimum absolute atomic E-state index is 0.170. The van der Waals surface area contributed by atoms with E-state index in [1.165, 1.54) is 0 Å². The topological polar surface area (TPSA) is 71.2 Å². The summed E-state index contributed by atoms with van der Waals surface area (Å²) in [7, 11) is 0. The number of rotatable bonds is 5. The minimum atomic E-state index is -0.170. The molecule has 1 aromatic heterocycles. The van der Waals surface area contributed by atoms with Gasteiger partial charge in [0.2, 0.25) is 0 Å². The molecule has 0 aliphatic heterocycles. The highest BCUT2D eigenvalue weighted by atomic mass is 35.5. The van der Waals surface area contributed by atoms with Crippen molar-refractivity contribution in [3.8, 4) is 0 Å². The number of nitrogens with two attached hydrogens (primary N) is 1. The first-order chi connectivity index (χ1) is 8.13. The Kier molecular flexibility index (Phi) is 5.18. The van der Waals surface area contributed by atoms with E-state index in [4.69, 9.17) is 17.4 Å². The summed E-state index contributed by atoms with van der Waals surface area (Å²) in [4.78, 5) is 18.0. The molecule has 0 aliphatic carbocycles. The van der Waals surface area contributed by atoms with Crippen LogP contribution >= 0.6 is 11.6 Å². The van der Waals surface area contributed by atoms with Gasteiger partial charge in [0, 0.05) is 13.1 Å². The van der Waals surface area contributed by atoms with Gasteiger partial charge in [0.15, 0.2) is 0 Å². The zero-order valence-electron chi connectivity index (χ0n) is 10.0. The Morgan fingerprint density at radius 2 is 2.24 bits per heavy atom. The number of hydrogen-bond donors (Lipinski definition) is 2. The Bertz CT molecular complexity index is 397. The fourth-order valence-electron chi connectivity index (χ4n) is 1.50.